The van der Waals surface area contributed by atoms with Gasteiger partial charge >= 0.3 is 5.97 Å². The van der Waals surface area contributed by atoms with Crippen molar-refractivity contribution in [1.29, 1.82) is 0 Å². The molecule has 13 atom stereocenters. The van der Waals surface area contributed by atoms with E-state index in [-0.39, 0.29) is 24.1 Å². The van der Waals surface area contributed by atoms with E-state index in [2.05, 4.69) is 71.9 Å². The molecule has 4 fully saturated rings. The van der Waals surface area contributed by atoms with Gasteiger partial charge in [0.25, 0.3) is 0 Å². The summed E-state index contributed by atoms with van der Waals surface area (Å²) in [6.45, 7) is 14.5. The molecule has 1 saturated heterocycles. The Labute approximate surface area is 392 Å². The fourth-order valence-corrected chi connectivity index (χ4v) is 13.5. The van der Waals surface area contributed by atoms with Crippen LogP contribution in [0.2, 0.25) is 0 Å². The Morgan fingerprint density at radius 3 is 2.08 bits per heavy atom. The molecule has 13 unspecified atom stereocenters. The Balaban J connectivity index is 0.938. The van der Waals surface area contributed by atoms with Crippen LogP contribution in [0.15, 0.2) is 36.0 Å². The molecule has 3 saturated carbocycles. The Morgan fingerprint density at radius 2 is 1.41 bits per heavy atom. The van der Waals surface area contributed by atoms with Crippen molar-refractivity contribution in [3.05, 3.63) is 36.0 Å². The molecule has 0 aromatic carbocycles. The minimum absolute atomic E-state index is 0.142. The summed E-state index contributed by atoms with van der Waals surface area (Å²) in [6.07, 6.45) is 39.9. The van der Waals surface area contributed by atoms with Crippen molar-refractivity contribution in [2.75, 3.05) is 6.61 Å². The Hall–Kier alpha value is -1.51. The summed E-state index contributed by atoms with van der Waals surface area (Å²) in [5.74, 6) is 4.43. The molecule has 7 nitrogen and oxygen atoms in total. The molecule has 0 amide bonds. The van der Waals surface area contributed by atoms with E-state index in [9.17, 15) is 20.1 Å². The van der Waals surface area contributed by atoms with Gasteiger partial charge in [0.1, 0.15) is 31.0 Å². The first-order valence-corrected chi connectivity index (χ1v) is 27.4. The van der Waals surface area contributed by atoms with Crippen molar-refractivity contribution in [2.24, 2.45) is 46.3 Å². The van der Waals surface area contributed by atoms with Crippen LogP contribution in [0.4, 0.5) is 0 Å². The van der Waals surface area contributed by atoms with Crippen LogP contribution in [-0.4, -0.2) is 64.7 Å². The minimum Gasteiger partial charge on any atom is -0.463 e. The van der Waals surface area contributed by atoms with Gasteiger partial charge in [-0.05, 0) is 136 Å². The highest BCUT2D eigenvalue weighted by Gasteiger charge is 2.59. The number of hydrogen-bond donors (Lipinski definition) is 3. The lowest BCUT2D eigenvalue weighted by Crippen LogP contribution is -2.60. The molecule has 0 aromatic heterocycles. The largest absolute Gasteiger partial charge is 0.463 e. The van der Waals surface area contributed by atoms with Crippen LogP contribution in [0.25, 0.3) is 0 Å². The number of carbonyl (C=O) groups is 1. The van der Waals surface area contributed by atoms with Crippen molar-refractivity contribution < 1.29 is 34.3 Å². The van der Waals surface area contributed by atoms with Gasteiger partial charge in [-0.15, -0.1) is 0 Å². The van der Waals surface area contributed by atoms with Crippen molar-refractivity contribution >= 4 is 5.97 Å². The molecule has 0 aromatic rings. The van der Waals surface area contributed by atoms with Crippen molar-refractivity contribution in [2.45, 2.75) is 265 Å². The van der Waals surface area contributed by atoms with E-state index in [0.29, 0.717) is 17.8 Å². The van der Waals surface area contributed by atoms with Crippen LogP contribution in [0.1, 0.15) is 228 Å². The molecule has 5 rings (SSSR count). The summed E-state index contributed by atoms with van der Waals surface area (Å²) in [7, 11) is 0. The number of rotatable bonds is 29. The van der Waals surface area contributed by atoms with Gasteiger partial charge in [-0.25, -0.2) is 0 Å². The monoisotopic (exact) mass is 895 g/mol. The smallest absolute Gasteiger partial charge is 0.305 e. The molecular weight excluding hydrogens is 797 g/mol. The van der Waals surface area contributed by atoms with E-state index >= 15 is 0 Å². The van der Waals surface area contributed by atoms with Crippen LogP contribution in [-0.2, 0) is 19.0 Å². The average molecular weight is 895 g/mol. The van der Waals surface area contributed by atoms with Crippen LogP contribution in [0.3, 0.4) is 0 Å². The zero-order valence-electron chi connectivity index (χ0n) is 42.0. The zero-order valence-corrected chi connectivity index (χ0v) is 42.0. The standard InChI is InChI=1S/C57H98O7/c1-7-8-9-10-11-12-13-14-15-16-17-18-19-20-21-22-23-24-25-26-27-31-51(58)62-41-50-52(59)53(60)54(61)55(64-50)63-45-36-38-56(5)44(40-45)32-33-46-48-35-34-47(43(4)30-28-29-42(2)3)57(48,6)39-37-49(46)56/h13-14,16-17,32,42-43,45-50,52-55,59-61H,7-12,15,18-31,33-41H2,1-6H3/b14-13-,17-16-. The number of carbonyl (C=O) groups excluding carboxylic acids is 1. The number of aliphatic hydroxyl groups excluding tert-OH is 3. The summed E-state index contributed by atoms with van der Waals surface area (Å²) >= 11 is 0. The van der Waals surface area contributed by atoms with Crippen LogP contribution in [0, 0.1) is 46.3 Å². The molecule has 4 aliphatic carbocycles. The predicted octanol–water partition coefficient (Wildman–Crippen LogP) is 13.9. The third-order valence-corrected chi connectivity index (χ3v) is 17.5. The maximum absolute atomic E-state index is 12.7. The first kappa shape index (κ1) is 53.4. The van der Waals surface area contributed by atoms with Crippen LogP contribution < -0.4 is 0 Å². The van der Waals surface area contributed by atoms with E-state index in [0.717, 1.165) is 81.0 Å². The second-order valence-corrected chi connectivity index (χ2v) is 22.6. The number of allylic oxidation sites excluding steroid dienone is 5. The molecule has 5 aliphatic rings. The van der Waals surface area contributed by atoms with Gasteiger partial charge in [0, 0.05) is 6.42 Å². The normalized spacial score (nSPS) is 34.5. The lowest BCUT2D eigenvalue weighted by atomic mass is 9.47. The average Bonchev–Trinajstić information content (AvgIpc) is 3.64. The number of unbranched alkanes of at least 4 members (excludes halogenated alkanes) is 14. The van der Waals surface area contributed by atoms with Crippen LogP contribution >= 0.6 is 0 Å². The predicted molar refractivity (Wildman–Crippen MR) is 263 cm³/mol. The van der Waals surface area contributed by atoms with Crippen molar-refractivity contribution in [3.8, 4) is 0 Å². The van der Waals surface area contributed by atoms with E-state index in [1.165, 1.54) is 134 Å². The molecule has 64 heavy (non-hydrogen) atoms. The highest BCUT2D eigenvalue weighted by atomic mass is 16.7. The Morgan fingerprint density at radius 1 is 0.750 bits per heavy atom. The molecule has 7 heteroatoms. The quantitative estimate of drug-likeness (QED) is 0.0390. The summed E-state index contributed by atoms with van der Waals surface area (Å²) in [5.41, 5.74) is 2.14. The number of fused-ring (bicyclic) bond motifs is 5. The topological polar surface area (TPSA) is 105 Å². The zero-order chi connectivity index (χ0) is 46.0. The van der Waals surface area contributed by atoms with Crippen molar-refractivity contribution in [1.82, 2.24) is 0 Å². The SMILES string of the molecule is CCCCCCC/C=C\C/C=C\CCCCCCCCCCCC(=O)OCC1OC(OC2CCC3(C)C(=CCC4C3CCC3(C)C(C(C)CCCC(C)C)CCC43)C2)C(O)C(O)C1O. The first-order chi connectivity index (χ1) is 30.9. The molecule has 1 aliphatic heterocycles. The molecular formula is C57H98O7. The van der Waals surface area contributed by atoms with Gasteiger partial charge < -0.3 is 29.5 Å². The minimum atomic E-state index is -1.44. The second-order valence-electron chi connectivity index (χ2n) is 22.6. The van der Waals surface area contributed by atoms with Gasteiger partial charge in [-0.2, -0.15) is 0 Å². The molecule has 1 heterocycles. The first-order valence-electron chi connectivity index (χ1n) is 27.4. The number of esters is 1. The Kier molecular flexibility index (Phi) is 22.9. The van der Waals surface area contributed by atoms with Gasteiger partial charge in [-0.3, -0.25) is 4.79 Å². The lowest BCUT2D eigenvalue weighted by Gasteiger charge is -2.58. The van der Waals surface area contributed by atoms with E-state index < -0.39 is 30.7 Å². The van der Waals surface area contributed by atoms with Crippen LogP contribution in [0.5, 0.6) is 0 Å². The van der Waals surface area contributed by atoms with Crippen molar-refractivity contribution in [3.63, 3.8) is 0 Å². The summed E-state index contributed by atoms with van der Waals surface area (Å²) < 4.78 is 18.1. The molecule has 0 bridgehead atoms. The third kappa shape index (κ3) is 15.2. The summed E-state index contributed by atoms with van der Waals surface area (Å²) in [6, 6.07) is 0. The fourth-order valence-electron chi connectivity index (χ4n) is 13.5. The highest BCUT2D eigenvalue weighted by Crippen LogP contribution is 2.67. The maximum atomic E-state index is 12.7. The molecule has 368 valence electrons. The molecule has 3 N–H and O–H groups in total. The van der Waals surface area contributed by atoms with E-state index in [1.807, 2.05) is 0 Å². The third-order valence-electron chi connectivity index (χ3n) is 17.5. The second kappa shape index (κ2) is 27.5. The van der Waals surface area contributed by atoms with Gasteiger partial charge in [-0.1, -0.05) is 167 Å². The Bertz CT molecular complexity index is 1420. The summed E-state index contributed by atoms with van der Waals surface area (Å²) in [4.78, 5) is 12.7. The molecule has 0 radical (unpaired) electrons. The van der Waals surface area contributed by atoms with E-state index in [4.69, 9.17) is 14.2 Å². The maximum Gasteiger partial charge on any atom is 0.305 e. The molecule has 0 spiro atoms. The number of ether oxygens (including phenoxy) is 3. The van der Waals surface area contributed by atoms with Gasteiger partial charge in [0.15, 0.2) is 6.29 Å². The number of aliphatic hydroxyl groups is 3. The van der Waals surface area contributed by atoms with Gasteiger partial charge in [0.05, 0.1) is 6.10 Å². The van der Waals surface area contributed by atoms with E-state index in [1.54, 1.807) is 0 Å². The number of hydrogen-bond acceptors (Lipinski definition) is 7. The summed E-state index contributed by atoms with van der Waals surface area (Å²) in [5, 5.41) is 32.6. The highest BCUT2D eigenvalue weighted by molar-refractivity contribution is 5.69. The lowest BCUT2D eigenvalue weighted by molar-refractivity contribution is -0.313. The van der Waals surface area contributed by atoms with Gasteiger partial charge in [0.2, 0.25) is 0 Å². The fraction of sp³-hybridized carbons (Fsp3) is 0.877.